The lowest BCUT2D eigenvalue weighted by Crippen LogP contribution is -1.99. The van der Waals surface area contributed by atoms with Gasteiger partial charge in [-0.1, -0.05) is 6.07 Å². The van der Waals surface area contributed by atoms with Gasteiger partial charge in [0.25, 0.3) is 0 Å². The molecule has 0 unspecified atom stereocenters. The van der Waals surface area contributed by atoms with E-state index in [-0.39, 0.29) is 22.3 Å². The van der Waals surface area contributed by atoms with E-state index >= 15 is 0 Å². The first-order valence-electron chi connectivity index (χ1n) is 4.26. The molecule has 2 aromatic rings. The van der Waals surface area contributed by atoms with E-state index in [4.69, 9.17) is 23.2 Å². The van der Waals surface area contributed by atoms with E-state index in [1.165, 1.54) is 6.07 Å². The summed E-state index contributed by atoms with van der Waals surface area (Å²) >= 11 is 11.2. The number of phenolic OH excluding ortho intramolecular Hbond substituents is 1. The lowest BCUT2D eigenvalue weighted by atomic mass is 10.3. The average molecular weight is 257 g/mol. The van der Waals surface area contributed by atoms with Gasteiger partial charge in [0.05, 0.1) is 0 Å². The molecule has 0 aliphatic rings. The molecular weight excluding hydrogens is 251 g/mol. The molecule has 0 fully saturated rings. The summed E-state index contributed by atoms with van der Waals surface area (Å²) in [5.41, 5.74) is 0.623. The number of rotatable bonds is 2. The van der Waals surface area contributed by atoms with E-state index in [9.17, 15) is 5.11 Å². The standard InChI is InChI=1S/C9H6Cl2N4O/c10-7-13-8(11)15-9(14-7)12-5-2-1-3-6(16)4-5/h1-4,16H,(H,12,13,14,15). The Hall–Kier alpha value is -1.59. The molecule has 82 valence electrons. The highest BCUT2D eigenvalue weighted by Gasteiger charge is 2.03. The van der Waals surface area contributed by atoms with Crippen LogP contribution in [0.3, 0.4) is 0 Å². The van der Waals surface area contributed by atoms with Gasteiger partial charge in [-0.25, -0.2) is 0 Å². The minimum atomic E-state index is 0.00246. The zero-order chi connectivity index (χ0) is 11.5. The van der Waals surface area contributed by atoms with Crippen LogP contribution in [-0.2, 0) is 0 Å². The van der Waals surface area contributed by atoms with Crippen LogP contribution in [0.25, 0.3) is 0 Å². The predicted molar refractivity (Wildman–Crippen MR) is 61.2 cm³/mol. The van der Waals surface area contributed by atoms with Crippen LogP contribution < -0.4 is 5.32 Å². The van der Waals surface area contributed by atoms with Gasteiger partial charge in [-0.2, -0.15) is 15.0 Å². The van der Waals surface area contributed by atoms with E-state index in [0.29, 0.717) is 5.69 Å². The van der Waals surface area contributed by atoms with Crippen LogP contribution in [-0.4, -0.2) is 20.1 Å². The monoisotopic (exact) mass is 256 g/mol. The summed E-state index contributed by atoms with van der Waals surface area (Å²) in [7, 11) is 0. The van der Waals surface area contributed by atoms with E-state index in [0.717, 1.165) is 0 Å². The first-order valence-corrected chi connectivity index (χ1v) is 5.02. The van der Waals surface area contributed by atoms with Crippen molar-refractivity contribution in [3.8, 4) is 5.75 Å². The molecule has 0 bridgehead atoms. The van der Waals surface area contributed by atoms with Crippen LogP contribution in [0.1, 0.15) is 0 Å². The van der Waals surface area contributed by atoms with Gasteiger partial charge >= 0.3 is 0 Å². The van der Waals surface area contributed by atoms with Crippen molar-refractivity contribution < 1.29 is 5.11 Å². The molecule has 0 aliphatic carbocycles. The second-order valence-corrected chi connectivity index (χ2v) is 3.55. The van der Waals surface area contributed by atoms with Crippen LogP contribution in [0.5, 0.6) is 5.75 Å². The zero-order valence-electron chi connectivity index (χ0n) is 7.85. The smallest absolute Gasteiger partial charge is 0.232 e. The lowest BCUT2D eigenvalue weighted by Gasteiger charge is -2.04. The molecule has 16 heavy (non-hydrogen) atoms. The molecule has 1 heterocycles. The molecule has 1 aromatic heterocycles. The van der Waals surface area contributed by atoms with Gasteiger partial charge in [-0.3, -0.25) is 0 Å². The summed E-state index contributed by atoms with van der Waals surface area (Å²) in [5.74, 6) is 0.354. The van der Waals surface area contributed by atoms with Crippen molar-refractivity contribution in [1.29, 1.82) is 0 Å². The maximum atomic E-state index is 9.25. The Morgan fingerprint density at radius 3 is 2.38 bits per heavy atom. The Kier molecular flexibility index (Phi) is 3.07. The van der Waals surface area contributed by atoms with Crippen LogP contribution in [0, 0.1) is 0 Å². The van der Waals surface area contributed by atoms with Crippen molar-refractivity contribution in [2.45, 2.75) is 0 Å². The molecule has 2 rings (SSSR count). The van der Waals surface area contributed by atoms with Crippen molar-refractivity contribution in [1.82, 2.24) is 15.0 Å². The molecular formula is C9H6Cl2N4O. The van der Waals surface area contributed by atoms with Crippen molar-refractivity contribution >= 4 is 34.8 Å². The number of hydrogen-bond donors (Lipinski definition) is 2. The van der Waals surface area contributed by atoms with E-state index < -0.39 is 0 Å². The molecule has 2 N–H and O–H groups in total. The lowest BCUT2D eigenvalue weighted by molar-refractivity contribution is 0.475. The Labute approximate surface area is 101 Å². The fourth-order valence-corrected chi connectivity index (χ4v) is 1.46. The summed E-state index contributed by atoms with van der Waals surface area (Å²) in [6.07, 6.45) is 0. The first-order chi connectivity index (χ1) is 7.63. The maximum absolute atomic E-state index is 9.25. The highest BCUT2D eigenvalue weighted by atomic mass is 35.5. The van der Waals surface area contributed by atoms with Crippen molar-refractivity contribution in [3.63, 3.8) is 0 Å². The van der Waals surface area contributed by atoms with Gasteiger partial charge in [-0.15, -0.1) is 0 Å². The minimum Gasteiger partial charge on any atom is -0.508 e. The molecule has 0 spiro atoms. The highest BCUT2D eigenvalue weighted by Crippen LogP contribution is 2.19. The van der Waals surface area contributed by atoms with E-state index in [1.807, 2.05) is 0 Å². The number of halogens is 2. The molecule has 0 radical (unpaired) electrons. The van der Waals surface area contributed by atoms with E-state index in [1.54, 1.807) is 18.2 Å². The number of phenols is 1. The molecule has 0 saturated carbocycles. The van der Waals surface area contributed by atoms with Crippen molar-refractivity contribution in [2.24, 2.45) is 0 Å². The van der Waals surface area contributed by atoms with Gasteiger partial charge in [0.15, 0.2) is 0 Å². The van der Waals surface area contributed by atoms with Gasteiger partial charge in [0.1, 0.15) is 5.75 Å². The number of aromatic hydroxyl groups is 1. The van der Waals surface area contributed by atoms with Crippen LogP contribution in [0.15, 0.2) is 24.3 Å². The molecule has 1 aromatic carbocycles. The quantitative estimate of drug-likeness (QED) is 0.865. The third-order valence-corrected chi connectivity index (χ3v) is 2.02. The molecule has 0 amide bonds. The number of hydrogen-bond acceptors (Lipinski definition) is 5. The summed E-state index contributed by atoms with van der Waals surface area (Å²) in [6, 6.07) is 6.50. The van der Waals surface area contributed by atoms with Gasteiger partial charge in [0.2, 0.25) is 16.5 Å². The van der Waals surface area contributed by atoms with Gasteiger partial charge < -0.3 is 10.4 Å². The Morgan fingerprint density at radius 2 is 1.75 bits per heavy atom. The van der Waals surface area contributed by atoms with Gasteiger partial charge in [-0.05, 0) is 35.3 Å². The number of aromatic nitrogens is 3. The van der Waals surface area contributed by atoms with Crippen LogP contribution in [0.2, 0.25) is 10.6 Å². The fourth-order valence-electron chi connectivity index (χ4n) is 1.09. The highest BCUT2D eigenvalue weighted by molar-refractivity contribution is 6.31. The third-order valence-electron chi connectivity index (χ3n) is 1.68. The molecule has 0 atom stereocenters. The summed E-state index contributed by atoms with van der Waals surface area (Å²) in [4.78, 5) is 11.3. The zero-order valence-corrected chi connectivity index (χ0v) is 9.37. The Bertz CT molecular complexity index is 500. The second-order valence-electron chi connectivity index (χ2n) is 2.87. The summed E-state index contributed by atoms with van der Waals surface area (Å²) in [5, 5.41) is 12.1. The molecule has 0 saturated heterocycles. The Balaban J connectivity index is 2.27. The first kappa shape index (κ1) is 10.9. The van der Waals surface area contributed by atoms with Crippen LogP contribution >= 0.6 is 23.2 Å². The second kappa shape index (κ2) is 4.51. The SMILES string of the molecule is Oc1cccc(Nc2nc(Cl)nc(Cl)n2)c1. The fraction of sp³-hybridized carbons (Fsp3) is 0. The Morgan fingerprint density at radius 1 is 1.06 bits per heavy atom. The van der Waals surface area contributed by atoms with Crippen molar-refractivity contribution in [3.05, 3.63) is 34.8 Å². The number of benzene rings is 1. The predicted octanol–water partition coefficient (Wildman–Crippen LogP) is 2.63. The maximum Gasteiger partial charge on any atom is 0.232 e. The number of nitrogens with zero attached hydrogens (tertiary/aromatic N) is 3. The number of anilines is 2. The van der Waals surface area contributed by atoms with Gasteiger partial charge in [0, 0.05) is 11.8 Å². The average Bonchev–Trinajstić information content (AvgIpc) is 2.15. The third kappa shape index (κ3) is 2.71. The summed E-state index contributed by atoms with van der Waals surface area (Å²) in [6.45, 7) is 0. The summed E-state index contributed by atoms with van der Waals surface area (Å²) < 4.78 is 0. The largest absolute Gasteiger partial charge is 0.508 e. The minimum absolute atomic E-state index is 0.00246. The topological polar surface area (TPSA) is 70.9 Å². The van der Waals surface area contributed by atoms with E-state index in [2.05, 4.69) is 20.3 Å². The van der Waals surface area contributed by atoms with Crippen LogP contribution in [0.4, 0.5) is 11.6 Å². The normalized spacial score (nSPS) is 10.1. The molecule has 0 aliphatic heterocycles. The molecule has 5 nitrogen and oxygen atoms in total. The van der Waals surface area contributed by atoms with Crippen molar-refractivity contribution in [2.75, 3.05) is 5.32 Å². The molecule has 7 heteroatoms. The number of nitrogens with one attached hydrogen (secondary N) is 1.